The lowest BCUT2D eigenvalue weighted by Gasteiger charge is -2.27. The summed E-state index contributed by atoms with van der Waals surface area (Å²) in [5.74, 6) is -0.625. The van der Waals surface area contributed by atoms with Gasteiger partial charge in [-0.05, 0) is 12.1 Å². The van der Waals surface area contributed by atoms with Gasteiger partial charge in [0.05, 0.1) is 5.69 Å². The normalized spacial score (nSPS) is 22.4. The van der Waals surface area contributed by atoms with Crippen molar-refractivity contribution in [2.45, 2.75) is 11.6 Å². The van der Waals surface area contributed by atoms with Gasteiger partial charge in [0, 0.05) is 11.1 Å². The molecule has 2 aliphatic heterocycles. The van der Waals surface area contributed by atoms with Gasteiger partial charge in [0.2, 0.25) is 6.23 Å². The van der Waals surface area contributed by atoms with Crippen molar-refractivity contribution >= 4 is 17.7 Å². The number of carboxylic acids is 1. The molecule has 1 N–H and O–H groups in total. The number of nitrogens with zero attached hydrogens (tertiary/aromatic N) is 1. The van der Waals surface area contributed by atoms with Gasteiger partial charge >= 0.3 is 12.1 Å². The molecule has 2 aromatic carbocycles. The van der Waals surface area contributed by atoms with E-state index in [1.54, 1.807) is 48.5 Å². The molecule has 2 aliphatic rings. The van der Waals surface area contributed by atoms with E-state index in [1.165, 1.54) is 11.0 Å². The summed E-state index contributed by atoms with van der Waals surface area (Å²) in [4.78, 5) is 26.3. The first-order valence-electron chi connectivity index (χ1n) is 7.78. The molecule has 2 aromatic rings. The minimum absolute atomic E-state index is 0.0250. The van der Waals surface area contributed by atoms with Gasteiger partial charge in [-0.3, -0.25) is 4.79 Å². The Morgan fingerprint density at radius 3 is 2.60 bits per heavy atom. The molecule has 0 fully saturated rings. The summed E-state index contributed by atoms with van der Waals surface area (Å²) in [5.41, 5.74) is 0.0193. The highest BCUT2D eigenvalue weighted by atomic mass is 16.6. The van der Waals surface area contributed by atoms with Crippen molar-refractivity contribution in [3.05, 3.63) is 72.3 Å². The first-order valence-corrected chi connectivity index (χ1v) is 7.78. The van der Waals surface area contributed by atoms with Crippen molar-refractivity contribution in [3.63, 3.8) is 0 Å². The molecule has 0 saturated heterocycles. The van der Waals surface area contributed by atoms with Crippen LogP contribution < -0.4 is 9.64 Å². The summed E-state index contributed by atoms with van der Waals surface area (Å²) in [6, 6.07) is 13.8. The zero-order valence-corrected chi connectivity index (χ0v) is 13.2. The number of hydrogen-bond donors (Lipinski definition) is 1. The number of carbonyl (C=O) groups excluding carboxylic acids is 1. The third kappa shape index (κ3) is 1.85. The number of aliphatic carboxylic acids is 1. The Morgan fingerprint density at radius 2 is 1.88 bits per heavy atom. The van der Waals surface area contributed by atoms with E-state index >= 15 is 0 Å². The Morgan fingerprint density at radius 1 is 1.20 bits per heavy atom. The van der Waals surface area contributed by atoms with Crippen LogP contribution in [-0.2, 0) is 14.9 Å². The molecule has 2 atom stereocenters. The van der Waals surface area contributed by atoms with E-state index in [9.17, 15) is 14.7 Å². The monoisotopic (exact) mass is 337 g/mol. The third-order valence-electron chi connectivity index (χ3n) is 4.60. The third-order valence-corrected chi connectivity index (χ3v) is 4.60. The molecule has 0 bridgehead atoms. The second-order valence-corrected chi connectivity index (χ2v) is 5.83. The molecule has 0 aromatic heterocycles. The zero-order valence-electron chi connectivity index (χ0n) is 13.2. The summed E-state index contributed by atoms with van der Waals surface area (Å²) >= 11 is 0. The number of fused-ring (bicyclic) bond motifs is 5. The number of benzene rings is 2. The maximum absolute atomic E-state index is 12.6. The fourth-order valence-electron chi connectivity index (χ4n) is 3.63. The van der Waals surface area contributed by atoms with Crippen LogP contribution in [-0.4, -0.2) is 30.0 Å². The second kappa shape index (κ2) is 5.37. The van der Waals surface area contributed by atoms with Crippen molar-refractivity contribution in [2.75, 3.05) is 11.5 Å². The molecule has 6 nitrogen and oxygen atoms in total. The predicted octanol–water partition coefficient (Wildman–Crippen LogP) is 2.92. The smallest absolute Gasteiger partial charge is 0.417 e. The molecule has 0 radical (unpaired) electrons. The van der Waals surface area contributed by atoms with E-state index < -0.39 is 23.7 Å². The molecule has 0 saturated carbocycles. The van der Waals surface area contributed by atoms with Gasteiger partial charge in [-0.25, -0.2) is 9.69 Å². The highest BCUT2D eigenvalue weighted by Gasteiger charge is 2.65. The van der Waals surface area contributed by atoms with Crippen LogP contribution in [0.5, 0.6) is 5.75 Å². The molecule has 2 heterocycles. The Kier molecular flexibility index (Phi) is 3.28. The Balaban J connectivity index is 1.95. The van der Waals surface area contributed by atoms with Crippen molar-refractivity contribution in [1.82, 2.24) is 0 Å². The van der Waals surface area contributed by atoms with Crippen molar-refractivity contribution in [2.24, 2.45) is 0 Å². The van der Waals surface area contributed by atoms with E-state index in [4.69, 9.17) is 9.47 Å². The highest BCUT2D eigenvalue weighted by molar-refractivity contribution is 6.02. The standard InChI is InChI=1S/C19H15NO5/c1-2-11-24-18(23)20-14-9-5-3-7-12(14)19(17(21)22)13-8-4-6-10-15(13)25-16(19)20/h2-10,16H,1,11H2,(H,21,22)/t16-,19-/m1/s1. The van der Waals surface area contributed by atoms with Gasteiger partial charge in [-0.1, -0.05) is 49.1 Å². The molecule has 0 aliphatic carbocycles. The Hall–Kier alpha value is -3.28. The van der Waals surface area contributed by atoms with Gasteiger partial charge in [0.15, 0.2) is 5.41 Å². The molecule has 6 heteroatoms. The lowest BCUT2D eigenvalue weighted by Crippen LogP contribution is -2.52. The van der Waals surface area contributed by atoms with Crippen LogP contribution in [0.2, 0.25) is 0 Å². The van der Waals surface area contributed by atoms with Crippen molar-refractivity contribution < 1.29 is 24.2 Å². The zero-order chi connectivity index (χ0) is 17.6. The Labute approximate surface area is 143 Å². The molecule has 0 unspecified atom stereocenters. The maximum atomic E-state index is 12.6. The van der Waals surface area contributed by atoms with Crippen LogP contribution in [0.25, 0.3) is 0 Å². The average molecular weight is 337 g/mol. The number of amides is 1. The van der Waals surface area contributed by atoms with Gasteiger partial charge < -0.3 is 14.6 Å². The molecule has 1 amide bonds. The van der Waals surface area contributed by atoms with Crippen molar-refractivity contribution in [1.29, 1.82) is 0 Å². The number of carboxylic acid groups (broad SMARTS) is 1. The van der Waals surface area contributed by atoms with Crippen LogP contribution in [0.4, 0.5) is 10.5 Å². The van der Waals surface area contributed by atoms with E-state index in [0.717, 1.165) is 0 Å². The number of para-hydroxylation sites is 2. The molecule has 0 spiro atoms. The predicted molar refractivity (Wildman–Crippen MR) is 89.7 cm³/mol. The number of anilines is 1. The lowest BCUT2D eigenvalue weighted by atomic mass is 9.76. The van der Waals surface area contributed by atoms with Crippen molar-refractivity contribution in [3.8, 4) is 5.75 Å². The fourth-order valence-corrected chi connectivity index (χ4v) is 3.63. The quantitative estimate of drug-likeness (QED) is 0.872. The largest absolute Gasteiger partial charge is 0.480 e. The first-order chi connectivity index (χ1) is 12.1. The molecular formula is C19H15NO5. The van der Waals surface area contributed by atoms with E-state index in [1.807, 2.05) is 0 Å². The summed E-state index contributed by atoms with van der Waals surface area (Å²) in [7, 11) is 0. The number of carbonyl (C=O) groups is 2. The molecule has 25 heavy (non-hydrogen) atoms. The minimum Gasteiger partial charge on any atom is -0.480 e. The van der Waals surface area contributed by atoms with E-state index in [0.29, 0.717) is 22.6 Å². The van der Waals surface area contributed by atoms with Gasteiger partial charge in [-0.15, -0.1) is 0 Å². The minimum atomic E-state index is -1.49. The summed E-state index contributed by atoms with van der Waals surface area (Å²) in [5, 5.41) is 10.2. The van der Waals surface area contributed by atoms with Crippen LogP contribution in [0.1, 0.15) is 11.1 Å². The first kappa shape index (κ1) is 15.3. The fraction of sp³-hybridized carbons (Fsp3) is 0.158. The van der Waals surface area contributed by atoms with E-state index in [2.05, 4.69) is 6.58 Å². The molecular weight excluding hydrogens is 322 g/mol. The molecule has 126 valence electrons. The van der Waals surface area contributed by atoms with Crippen LogP contribution >= 0.6 is 0 Å². The van der Waals surface area contributed by atoms with Gasteiger partial charge in [0.25, 0.3) is 0 Å². The summed E-state index contributed by atoms with van der Waals surface area (Å²) in [6.07, 6.45) is -0.264. The van der Waals surface area contributed by atoms with Gasteiger partial charge in [0.1, 0.15) is 12.4 Å². The topological polar surface area (TPSA) is 76.1 Å². The average Bonchev–Trinajstić information content (AvgIpc) is 3.10. The molecule has 4 rings (SSSR count). The Bertz CT molecular complexity index is 893. The summed E-state index contributed by atoms with van der Waals surface area (Å²) < 4.78 is 11.1. The SMILES string of the molecule is C=CCOC(=O)N1c2ccccc2[C@@]2(C(=O)O)c3ccccc3O[C@@H]12. The van der Waals surface area contributed by atoms with Gasteiger partial charge in [-0.2, -0.15) is 0 Å². The lowest BCUT2D eigenvalue weighted by molar-refractivity contribution is -0.143. The second-order valence-electron chi connectivity index (χ2n) is 5.83. The number of hydrogen-bond acceptors (Lipinski definition) is 4. The summed E-state index contributed by atoms with van der Waals surface area (Å²) in [6.45, 7) is 3.55. The highest BCUT2D eigenvalue weighted by Crippen LogP contribution is 2.56. The van der Waals surface area contributed by atoms with Crippen LogP contribution in [0.15, 0.2) is 61.2 Å². The number of ether oxygens (including phenoxy) is 2. The maximum Gasteiger partial charge on any atom is 0.417 e. The van der Waals surface area contributed by atoms with Crippen LogP contribution in [0.3, 0.4) is 0 Å². The van der Waals surface area contributed by atoms with Crippen LogP contribution in [0, 0.1) is 0 Å². The number of rotatable bonds is 3. The van der Waals surface area contributed by atoms with E-state index in [-0.39, 0.29) is 6.61 Å².